The third-order valence-electron chi connectivity index (χ3n) is 5.81. The molecule has 0 radical (unpaired) electrons. The van der Waals surface area contributed by atoms with Crippen molar-refractivity contribution in [3.8, 4) is 0 Å². The molecule has 1 amide bonds. The average Bonchev–Trinajstić information content (AvgIpc) is 3.55. The molecule has 7 heteroatoms. The summed E-state index contributed by atoms with van der Waals surface area (Å²) in [5, 5.41) is 9.92. The Kier molecular flexibility index (Phi) is 5.76. The second kappa shape index (κ2) is 8.84. The Morgan fingerprint density at radius 1 is 0.969 bits per heavy atom. The van der Waals surface area contributed by atoms with Crippen molar-refractivity contribution in [2.45, 2.75) is 39.8 Å². The van der Waals surface area contributed by atoms with Crippen molar-refractivity contribution in [2.75, 3.05) is 0 Å². The molecule has 162 valence electrons. The molecule has 5 nitrogen and oxygen atoms in total. The molecule has 0 atom stereocenters. The summed E-state index contributed by atoms with van der Waals surface area (Å²) in [5.74, 6) is 0.163. The van der Waals surface area contributed by atoms with Gasteiger partial charge in [0.25, 0.3) is 0 Å². The van der Waals surface area contributed by atoms with Crippen LogP contribution >= 0.6 is 22.7 Å². The Bertz CT molecular complexity index is 1330. The van der Waals surface area contributed by atoms with Gasteiger partial charge in [-0.15, -0.1) is 22.7 Å². The molecule has 0 fully saturated rings. The molecule has 0 saturated heterocycles. The highest BCUT2D eigenvalue weighted by Gasteiger charge is 2.19. The smallest absolute Gasteiger partial charge is 0.223 e. The first-order valence-electron chi connectivity index (χ1n) is 10.7. The van der Waals surface area contributed by atoms with Crippen LogP contribution in [0.4, 0.5) is 0 Å². The van der Waals surface area contributed by atoms with Crippen molar-refractivity contribution in [1.82, 2.24) is 19.5 Å². The summed E-state index contributed by atoms with van der Waals surface area (Å²) >= 11 is 3.38. The maximum atomic E-state index is 13.3. The number of thiophene rings is 2. The summed E-state index contributed by atoms with van der Waals surface area (Å²) in [6.45, 7) is 5.40. The van der Waals surface area contributed by atoms with E-state index in [-0.39, 0.29) is 5.91 Å². The molecule has 32 heavy (non-hydrogen) atoms. The van der Waals surface area contributed by atoms with E-state index in [0.29, 0.717) is 25.9 Å². The van der Waals surface area contributed by atoms with Crippen LogP contribution in [0, 0.1) is 13.8 Å². The van der Waals surface area contributed by atoms with Gasteiger partial charge < -0.3 is 4.90 Å². The van der Waals surface area contributed by atoms with E-state index in [1.54, 1.807) is 22.7 Å². The van der Waals surface area contributed by atoms with Gasteiger partial charge in [-0.3, -0.25) is 4.79 Å². The number of aromatic nitrogens is 3. The highest BCUT2D eigenvalue weighted by molar-refractivity contribution is 7.10. The van der Waals surface area contributed by atoms with Gasteiger partial charge in [0.1, 0.15) is 0 Å². The van der Waals surface area contributed by atoms with Crippen molar-refractivity contribution in [1.29, 1.82) is 0 Å². The molecule has 0 spiro atoms. The summed E-state index contributed by atoms with van der Waals surface area (Å²) in [6, 6.07) is 16.3. The molecule has 4 heterocycles. The van der Waals surface area contributed by atoms with Crippen LogP contribution in [0.1, 0.15) is 33.1 Å². The predicted octanol–water partition coefficient (Wildman–Crippen LogP) is 5.78. The highest BCUT2D eigenvalue weighted by atomic mass is 32.1. The zero-order valence-corrected chi connectivity index (χ0v) is 19.7. The fourth-order valence-electron chi connectivity index (χ4n) is 4.14. The number of carbonyl (C=O) groups is 1. The lowest BCUT2D eigenvalue weighted by atomic mass is 10.1. The molecule has 0 saturated carbocycles. The SMILES string of the molecule is Cc1nc2c3ccccc3nn2c(C)c1CCC(=O)N(Cc1cccs1)Cc1cccs1. The van der Waals surface area contributed by atoms with Gasteiger partial charge >= 0.3 is 0 Å². The van der Waals surface area contributed by atoms with Crippen molar-refractivity contribution in [2.24, 2.45) is 0 Å². The molecule has 1 aromatic carbocycles. The lowest BCUT2D eigenvalue weighted by molar-refractivity contribution is -0.132. The van der Waals surface area contributed by atoms with Crippen LogP contribution in [0.15, 0.2) is 59.3 Å². The van der Waals surface area contributed by atoms with Crippen LogP contribution in [0.3, 0.4) is 0 Å². The average molecular weight is 461 g/mol. The van der Waals surface area contributed by atoms with E-state index in [1.807, 2.05) is 46.7 Å². The Hall–Kier alpha value is -3.03. The first-order valence-corrected chi connectivity index (χ1v) is 12.4. The molecule has 0 unspecified atom stereocenters. The second-order valence-corrected chi connectivity index (χ2v) is 9.99. The molecular formula is C25H24N4OS2. The predicted molar refractivity (Wildman–Crippen MR) is 131 cm³/mol. The number of benzene rings is 1. The number of aryl methyl sites for hydroxylation is 2. The summed E-state index contributed by atoms with van der Waals surface area (Å²) in [7, 11) is 0. The van der Waals surface area contributed by atoms with Gasteiger partial charge in [-0.05, 0) is 60.9 Å². The summed E-state index contributed by atoms with van der Waals surface area (Å²) in [5.41, 5.74) is 4.94. The van der Waals surface area contributed by atoms with Gasteiger partial charge in [0, 0.05) is 32.9 Å². The zero-order chi connectivity index (χ0) is 22.1. The van der Waals surface area contributed by atoms with E-state index in [4.69, 9.17) is 10.1 Å². The molecule has 5 aromatic rings. The summed E-state index contributed by atoms with van der Waals surface area (Å²) in [6.07, 6.45) is 1.10. The van der Waals surface area contributed by atoms with Crippen LogP contribution in [0.25, 0.3) is 16.6 Å². The Morgan fingerprint density at radius 2 is 1.66 bits per heavy atom. The number of hydrogen-bond acceptors (Lipinski definition) is 5. The van der Waals surface area contributed by atoms with Gasteiger partial charge in [-0.2, -0.15) is 5.10 Å². The van der Waals surface area contributed by atoms with E-state index in [1.165, 1.54) is 9.75 Å². The molecule has 5 rings (SSSR count). The monoisotopic (exact) mass is 460 g/mol. The van der Waals surface area contributed by atoms with Gasteiger partial charge in [0.05, 0.1) is 18.6 Å². The van der Waals surface area contributed by atoms with Gasteiger partial charge in [0.2, 0.25) is 5.91 Å². The molecule has 0 N–H and O–H groups in total. The molecule has 0 aliphatic carbocycles. The normalized spacial score (nSPS) is 11.4. The molecule has 0 aliphatic heterocycles. The minimum absolute atomic E-state index is 0.163. The second-order valence-electron chi connectivity index (χ2n) is 7.92. The quantitative estimate of drug-likeness (QED) is 0.309. The number of carbonyl (C=O) groups excluding carboxylic acids is 1. The van der Waals surface area contributed by atoms with Gasteiger partial charge in [0.15, 0.2) is 5.65 Å². The van der Waals surface area contributed by atoms with Crippen molar-refractivity contribution < 1.29 is 4.79 Å². The maximum absolute atomic E-state index is 13.3. The number of fused-ring (bicyclic) bond motifs is 3. The molecular weight excluding hydrogens is 436 g/mol. The Balaban J connectivity index is 1.39. The van der Waals surface area contributed by atoms with E-state index in [9.17, 15) is 4.79 Å². The third kappa shape index (κ3) is 4.06. The minimum atomic E-state index is 0.163. The van der Waals surface area contributed by atoms with Crippen LogP contribution < -0.4 is 0 Å². The topological polar surface area (TPSA) is 50.5 Å². The zero-order valence-electron chi connectivity index (χ0n) is 18.1. The lowest BCUT2D eigenvalue weighted by Gasteiger charge is -2.22. The number of hydrogen-bond donors (Lipinski definition) is 0. The van der Waals surface area contributed by atoms with E-state index >= 15 is 0 Å². The van der Waals surface area contributed by atoms with Crippen molar-refractivity contribution in [3.05, 3.63) is 86.0 Å². The Labute approximate surface area is 195 Å². The van der Waals surface area contributed by atoms with Crippen LogP contribution in [0.5, 0.6) is 0 Å². The van der Waals surface area contributed by atoms with Crippen molar-refractivity contribution in [3.63, 3.8) is 0 Å². The molecule has 0 bridgehead atoms. The fraction of sp³-hybridized carbons (Fsp3) is 0.240. The first-order chi connectivity index (χ1) is 15.6. The largest absolute Gasteiger partial charge is 0.332 e. The fourth-order valence-corrected chi connectivity index (χ4v) is 5.58. The van der Waals surface area contributed by atoms with Crippen molar-refractivity contribution >= 4 is 45.1 Å². The lowest BCUT2D eigenvalue weighted by Crippen LogP contribution is -2.30. The standard InChI is InChI=1S/C25H24N4OS2/c1-17-21(18(2)29-25(26-17)22-9-3-4-10-23(22)27-29)11-12-24(30)28(15-19-7-5-13-31-19)16-20-8-6-14-32-20/h3-10,13-14H,11-12,15-16H2,1-2H3. The summed E-state index contributed by atoms with van der Waals surface area (Å²) < 4.78 is 1.92. The van der Waals surface area contributed by atoms with Gasteiger partial charge in [-0.1, -0.05) is 24.3 Å². The van der Waals surface area contributed by atoms with Crippen LogP contribution in [0.2, 0.25) is 0 Å². The van der Waals surface area contributed by atoms with Crippen LogP contribution in [-0.4, -0.2) is 25.4 Å². The van der Waals surface area contributed by atoms with E-state index < -0.39 is 0 Å². The Morgan fingerprint density at radius 3 is 2.31 bits per heavy atom. The minimum Gasteiger partial charge on any atom is -0.332 e. The first kappa shape index (κ1) is 20.8. The van der Waals surface area contributed by atoms with Gasteiger partial charge in [-0.25, -0.2) is 9.50 Å². The number of amides is 1. The van der Waals surface area contributed by atoms with E-state index in [2.05, 4.69) is 35.9 Å². The summed E-state index contributed by atoms with van der Waals surface area (Å²) in [4.78, 5) is 22.5. The number of nitrogens with zero attached hydrogens (tertiary/aromatic N) is 4. The molecule has 4 aromatic heterocycles. The highest BCUT2D eigenvalue weighted by Crippen LogP contribution is 2.24. The third-order valence-corrected chi connectivity index (χ3v) is 7.54. The van der Waals surface area contributed by atoms with Crippen LogP contribution in [-0.2, 0) is 24.3 Å². The number of rotatable bonds is 7. The van der Waals surface area contributed by atoms with E-state index in [0.717, 1.165) is 33.5 Å². The maximum Gasteiger partial charge on any atom is 0.223 e. The molecule has 0 aliphatic rings.